The number of rotatable bonds is 8. The molecule has 0 bridgehead atoms. The van der Waals surface area contributed by atoms with Gasteiger partial charge in [-0.05, 0) is 224 Å². The van der Waals surface area contributed by atoms with E-state index < -0.39 is 0 Å². The fraction of sp³-hybridized carbons (Fsp3) is 0.104. The Balaban J connectivity index is 1.11. The molecule has 0 spiro atoms. The summed E-state index contributed by atoms with van der Waals surface area (Å²) in [6.45, 7) is 17.3. The largest absolute Gasteiger partial charge is 0.309 e. The van der Waals surface area contributed by atoms with Crippen LogP contribution in [0.1, 0.15) is 61.2 Å². The highest BCUT2D eigenvalue weighted by Crippen LogP contribution is 2.46. The lowest BCUT2D eigenvalue weighted by Gasteiger charge is -2.20. The summed E-state index contributed by atoms with van der Waals surface area (Å²) in [5.41, 5.74) is 29.4. The molecule has 0 N–H and O–H groups in total. The summed E-state index contributed by atoms with van der Waals surface area (Å²) < 4.78 is 4.71. The van der Waals surface area contributed by atoms with Gasteiger partial charge in [-0.2, -0.15) is 15.8 Å². The summed E-state index contributed by atoms with van der Waals surface area (Å²) in [7, 11) is 0. The molecule has 0 aliphatic rings. The number of nitrogens with zero attached hydrogens (tertiary/aromatic N) is 5. The van der Waals surface area contributed by atoms with Crippen LogP contribution in [-0.4, -0.2) is 9.13 Å². The molecule has 0 aliphatic heterocycles. The van der Waals surface area contributed by atoms with Gasteiger partial charge in [0.15, 0.2) is 0 Å². The Labute approximate surface area is 479 Å². The van der Waals surface area contributed by atoms with E-state index in [-0.39, 0.29) is 0 Å². The third-order valence-electron chi connectivity index (χ3n) is 16.8. The number of aromatic nitrogens is 2. The number of benzene rings is 11. The molecule has 0 atom stereocenters. The van der Waals surface area contributed by atoms with Crippen molar-refractivity contribution in [2.45, 2.75) is 55.4 Å². The van der Waals surface area contributed by atoms with Crippen LogP contribution in [0.15, 0.2) is 200 Å². The van der Waals surface area contributed by atoms with Gasteiger partial charge in [-0.25, -0.2) is 0 Å². The van der Waals surface area contributed by atoms with E-state index in [2.05, 4.69) is 253 Å². The van der Waals surface area contributed by atoms with Crippen molar-refractivity contribution in [2.24, 2.45) is 0 Å². The maximum Gasteiger partial charge on any atom is 0.0998 e. The smallest absolute Gasteiger partial charge is 0.0998 e. The van der Waals surface area contributed by atoms with Gasteiger partial charge in [-0.1, -0.05) is 131 Å². The maximum absolute atomic E-state index is 10.9. The Bertz CT molecular complexity index is 4780. The molecule has 0 saturated carbocycles. The van der Waals surface area contributed by atoms with Crippen molar-refractivity contribution in [3.8, 4) is 96.3 Å². The van der Waals surface area contributed by atoms with Gasteiger partial charge in [0.2, 0.25) is 0 Å². The van der Waals surface area contributed by atoms with Crippen LogP contribution >= 0.6 is 0 Å². The zero-order chi connectivity index (χ0) is 56.7. The van der Waals surface area contributed by atoms with Crippen molar-refractivity contribution in [3.63, 3.8) is 0 Å². The molecule has 0 saturated heterocycles. The summed E-state index contributed by atoms with van der Waals surface area (Å²) in [6.07, 6.45) is 0. The fourth-order valence-corrected chi connectivity index (χ4v) is 12.9. The summed E-state index contributed by atoms with van der Waals surface area (Å²) in [5.74, 6) is 0. The first-order chi connectivity index (χ1) is 39.8. The van der Waals surface area contributed by atoms with Crippen LogP contribution in [0.4, 0.5) is 0 Å². The second kappa shape index (κ2) is 20.0. The van der Waals surface area contributed by atoms with Crippen molar-refractivity contribution < 1.29 is 0 Å². The van der Waals surface area contributed by atoms with E-state index in [1.54, 1.807) is 12.1 Å². The van der Waals surface area contributed by atoms with Crippen molar-refractivity contribution in [3.05, 3.63) is 261 Å². The molecule has 0 aliphatic carbocycles. The van der Waals surface area contributed by atoms with Crippen LogP contribution in [-0.2, 0) is 0 Å². The van der Waals surface area contributed by atoms with Crippen molar-refractivity contribution >= 4 is 43.6 Å². The molecule has 0 radical (unpaired) electrons. The van der Waals surface area contributed by atoms with E-state index in [1.165, 1.54) is 66.8 Å². The summed E-state index contributed by atoms with van der Waals surface area (Å²) in [6, 6.07) is 78.9. The standard InChI is InChI=1S/C77H57N5/c1-45-9-20-61(49(5)31-45)55-15-27-73-69(37-55)70-38-56(62-21-10-46(2)32-50(62)6)16-28-74(70)81(73)60-19-25-66(65-24-13-53(42-78)35-59(65)44-80)67(41-60)68-36-54(43-79)14-26-75(68)82-76-29-17-57(63-22-11-47(3)33-51(63)7)39-71(76)72-40-58(18-30-77(72)82)64-23-12-48(4)34-52(64)8/h9-41H,1-8H3. The topological polar surface area (TPSA) is 81.2 Å². The number of nitriles is 3. The van der Waals surface area contributed by atoms with Crippen molar-refractivity contribution in [2.75, 3.05) is 0 Å². The zero-order valence-electron chi connectivity index (χ0n) is 47.3. The Morgan fingerprint density at radius 3 is 1.02 bits per heavy atom. The number of fused-ring (bicyclic) bond motifs is 6. The summed E-state index contributed by atoms with van der Waals surface area (Å²) in [5, 5.41) is 36.2. The minimum Gasteiger partial charge on any atom is -0.309 e. The van der Waals surface area contributed by atoms with Crippen LogP contribution in [0.5, 0.6) is 0 Å². The molecule has 11 aromatic carbocycles. The van der Waals surface area contributed by atoms with Crippen LogP contribution in [0.2, 0.25) is 0 Å². The Hall–Kier alpha value is -10.5. The first-order valence-corrected chi connectivity index (χ1v) is 27.9. The van der Waals surface area contributed by atoms with Crippen molar-refractivity contribution in [1.82, 2.24) is 9.13 Å². The minimum atomic E-state index is 0.385. The first-order valence-electron chi connectivity index (χ1n) is 27.9. The lowest BCUT2D eigenvalue weighted by molar-refractivity contribution is 1.17. The molecular formula is C77H57N5. The molecule has 390 valence electrons. The molecule has 2 aromatic heterocycles. The van der Waals surface area contributed by atoms with Gasteiger partial charge in [0, 0.05) is 38.4 Å². The third kappa shape index (κ3) is 8.62. The highest BCUT2D eigenvalue weighted by atomic mass is 15.0. The average Bonchev–Trinajstić information content (AvgIpc) is 4.21. The maximum atomic E-state index is 10.9. The Morgan fingerprint density at radius 2 is 0.634 bits per heavy atom. The second-order valence-corrected chi connectivity index (χ2v) is 22.4. The van der Waals surface area contributed by atoms with E-state index in [0.717, 1.165) is 93.9 Å². The molecule has 13 rings (SSSR count). The predicted octanol–water partition coefficient (Wildman–Crippen LogP) is 20.0. The van der Waals surface area contributed by atoms with E-state index in [4.69, 9.17) is 0 Å². The lowest BCUT2D eigenvalue weighted by Crippen LogP contribution is -2.01. The first kappa shape index (κ1) is 51.0. The van der Waals surface area contributed by atoms with E-state index in [0.29, 0.717) is 22.3 Å². The molecule has 5 nitrogen and oxygen atoms in total. The molecule has 5 heteroatoms. The highest BCUT2D eigenvalue weighted by Gasteiger charge is 2.24. The molecule has 82 heavy (non-hydrogen) atoms. The van der Waals surface area contributed by atoms with Crippen molar-refractivity contribution in [1.29, 1.82) is 15.8 Å². The molecule has 0 amide bonds. The average molecular weight is 1050 g/mol. The number of hydrogen-bond acceptors (Lipinski definition) is 3. The van der Waals surface area contributed by atoms with Crippen LogP contribution < -0.4 is 0 Å². The molecule has 2 heterocycles. The lowest BCUT2D eigenvalue weighted by atomic mass is 9.89. The van der Waals surface area contributed by atoms with E-state index in [1.807, 2.05) is 18.2 Å². The van der Waals surface area contributed by atoms with Gasteiger partial charge < -0.3 is 9.13 Å². The predicted molar refractivity (Wildman–Crippen MR) is 340 cm³/mol. The molecular weight excluding hydrogens is 995 g/mol. The molecule has 13 aromatic rings. The fourth-order valence-electron chi connectivity index (χ4n) is 12.9. The number of hydrogen-bond donors (Lipinski definition) is 0. The van der Waals surface area contributed by atoms with Gasteiger partial charge in [-0.15, -0.1) is 0 Å². The van der Waals surface area contributed by atoms with E-state index in [9.17, 15) is 15.8 Å². The highest BCUT2D eigenvalue weighted by molar-refractivity contribution is 6.14. The quantitative estimate of drug-likeness (QED) is 0.152. The molecule has 0 unspecified atom stereocenters. The van der Waals surface area contributed by atoms with Gasteiger partial charge >= 0.3 is 0 Å². The Morgan fingerprint density at radius 1 is 0.268 bits per heavy atom. The number of aryl methyl sites for hydroxylation is 8. The van der Waals surface area contributed by atoms with Gasteiger partial charge in [0.25, 0.3) is 0 Å². The second-order valence-electron chi connectivity index (χ2n) is 22.4. The summed E-state index contributed by atoms with van der Waals surface area (Å²) >= 11 is 0. The monoisotopic (exact) mass is 1050 g/mol. The minimum absolute atomic E-state index is 0.385. The van der Waals surface area contributed by atoms with Crippen LogP contribution in [0.3, 0.4) is 0 Å². The normalized spacial score (nSPS) is 11.4. The van der Waals surface area contributed by atoms with E-state index >= 15 is 0 Å². The van der Waals surface area contributed by atoms with Gasteiger partial charge in [0.05, 0.1) is 62.7 Å². The summed E-state index contributed by atoms with van der Waals surface area (Å²) in [4.78, 5) is 0. The van der Waals surface area contributed by atoms with Crippen LogP contribution in [0, 0.1) is 89.4 Å². The van der Waals surface area contributed by atoms with Gasteiger partial charge in [0.1, 0.15) is 0 Å². The molecule has 0 fully saturated rings. The van der Waals surface area contributed by atoms with Crippen LogP contribution in [0.25, 0.3) is 122 Å². The zero-order valence-corrected chi connectivity index (χ0v) is 47.3. The van der Waals surface area contributed by atoms with Gasteiger partial charge in [-0.3, -0.25) is 0 Å². The SMILES string of the molecule is Cc1ccc(-c2ccc3c(c2)c2cc(-c4ccc(C)cc4C)ccc2n3-c2ccc(-c3ccc(C#N)cc3C#N)c(-c3cc(C#N)ccc3-n3c4ccc(-c5ccc(C)cc5C)cc4c4cc(-c5ccc(C)cc5C)ccc43)c2)c(C)c1. The third-order valence-corrected chi connectivity index (χ3v) is 16.8. The Kier molecular flexibility index (Phi) is 12.4.